The van der Waals surface area contributed by atoms with Crippen molar-refractivity contribution < 1.29 is 32.6 Å². The quantitative estimate of drug-likeness (QED) is 0.280. The molecule has 9 heteroatoms. The molecule has 0 fully saturated rings. The Morgan fingerprint density at radius 3 is 2.38 bits per heavy atom. The van der Waals surface area contributed by atoms with Crippen LogP contribution in [0.4, 0.5) is 13.2 Å². The topological polar surface area (TPSA) is 94.1 Å². The zero-order valence-corrected chi connectivity index (χ0v) is 10.9. The number of nitrogens with two attached hydrogens (primary N) is 1. The van der Waals surface area contributed by atoms with Crippen LogP contribution in [0.5, 0.6) is 0 Å². The van der Waals surface area contributed by atoms with Gasteiger partial charge in [0, 0.05) is 5.56 Å². The standard InChI is InChI=1S/C12H13F3N2O4/c1-2-20-10(18)11(19,12(13,14)15)21-17-9(16)8-6-4-3-5-7-8/h3-7,19H,2H2,1H3,(H2,16,17)/t11-/m1/s1. The van der Waals surface area contributed by atoms with E-state index in [1.165, 1.54) is 19.1 Å². The van der Waals surface area contributed by atoms with Crippen molar-refractivity contribution in [1.82, 2.24) is 0 Å². The first-order valence-electron chi connectivity index (χ1n) is 5.75. The van der Waals surface area contributed by atoms with Crippen molar-refractivity contribution in [3.63, 3.8) is 0 Å². The van der Waals surface area contributed by atoms with Crippen molar-refractivity contribution in [2.45, 2.75) is 18.9 Å². The lowest BCUT2D eigenvalue weighted by molar-refractivity contribution is -0.353. The first-order valence-corrected chi connectivity index (χ1v) is 5.75. The second-order valence-electron chi connectivity index (χ2n) is 3.80. The maximum Gasteiger partial charge on any atom is 0.470 e. The van der Waals surface area contributed by atoms with E-state index in [9.17, 15) is 23.1 Å². The molecule has 1 rings (SSSR count). The minimum Gasteiger partial charge on any atom is -0.461 e. The van der Waals surface area contributed by atoms with Crippen molar-refractivity contribution in [1.29, 1.82) is 0 Å². The number of carbonyl (C=O) groups is 1. The number of alkyl halides is 3. The number of ether oxygens (including phenoxy) is 1. The van der Waals surface area contributed by atoms with E-state index in [-0.39, 0.29) is 12.2 Å². The van der Waals surface area contributed by atoms with Gasteiger partial charge in [-0.2, -0.15) is 13.2 Å². The van der Waals surface area contributed by atoms with Crippen LogP contribution in [0.25, 0.3) is 0 Å². The van der Waals surface area contributed by atoms with Crippen LogP contribution in [0.15, 0.2) is 35.5 Å². The first-order chi connectivity index (χ1) is 9.72. The van der Waals surface area contributed by atoms with E-state index in [2.05, 4.69) is 14.7 Å². The van der Waals surface area contributed by atoms with Gasteiger partial charge in [-0.1, -0.05) is 35.5 Å². The fraction of sp³-hybridized carbons (Fsp3) is 0.333. The molecule has 3 N–H and O–H groups in total. The van der Waals surface area contributed by atoms with Crippen molar-refractivity contribution in [2.75, 3.05) is 6.61 Å². The summed E-state index contributed by atoms with van der Waals surface area (Å²) >= 11 is 0. The highest BCUT2D eigenvalue weighted by atomic mass is 19.4. The van der Waals surface area contributed by atoms with Crippen LogP contribution in [0, 0.1) is 0 Å². The molecule has 0 bridgehead atoms. The Kier molecular flexibility index (Phi) is 5.14. The Labute approximate surface area is 117 Å². The summed E-state index contributed by atoms with van der Waals surface area (Å²) in [6.45, 7) is 0.898. The SMILES string of the molecule is CCOC(=O)[C@@](O)(O/N=C(\N)c1ccccc1)C(F)(F)F. The molecular weight excluding hydrogens is 293 g/mol. The highest BCUT2D eigenvalue weighted by Gasteiger charge is 2.65. The number of halogens is 3. The smallest absolute Gasteiger partial charge is 0.461 e. The van der Waals surface area contributed by atoms with E-state index in [1.54, 1.807) is 18.2 Å². The van der Waals surface area contributed by atoms with E-state index in [1.807, 2.05) is 0 Å². The first kappa shape index (κ1) is 16.8. The molecule has 1 atom stereocenters. The summed E-state index contributed by atoms with van der Waals surface area (Å²) in [6.07, 6.45) is -5.44. The summed E-state index contributed by atoms with van der Waals surface area (Å²) in [5.41, 5.74) is 5.67. The zero-order chi connectivity index (χ0) is 16.1. The van der Waals surface area contributed by atoms with Crippen LogP contribution in [0.3, 0.4) is 0 Å². The lowest BCUT2D eigenvalue weighted by Gasteiger charge is -2.25. The van der Waals surface area contributed by atoms with E-state index in [4.69, 9.17) is 5.73 Å². The molecule has 21 heavy (non-hydrogen) atoms. The number of esters is 1. The lowest BCUT2D eigenvalue weighted by atomic mass is 10.2. The van der Waals surface area contributed by atoms with E-state index in [0.29, 0.717) is 0 Å². The molecule has 1 aromatic carbocycles. The van der Waals surface area contributed by atoms with Crippen LogP contribution in [-0.2, 0) is 14.4 Å². The average molecular weight is 306 g/mol. The number of carbonyl (C=O) groups excluding carboxylic acids is 1. The van der Waals surface area contributed by atoms with Gasteiger partial charge < -0.3 is 20.4 Å². The number of benzene rings is 1. The van der Waals surface area contributed by atoms with Crippen molar-refractivity contribution in [2.24, 2.45) is 10.9 Å². The third kappa shape index (κ3) is 3.85. The van der Waals surface area contributed by atoms with Crippen molar-refractivity contribution in [3.05, 3.63) is 35.9 Å². The predicted molar refractivity (Wildman–Crippen MR) is 65.9 cm³/mol. The van der Waals surface area contributed by atoms with Gasteiger partial charge in [0.1, 0.15) is 0 Å². The number of aliphatic hydroxyl groups is 1. The van der Waals surface area contributed by atoms with E-state index >= 15 is 0 Å². The second-order valence-corrected chi connectivity index (χ2v) is 3.80. The van der Waals surface area contributed by atoms with Crippen molar-refractivity contribution >= 4 is 11.8 Å². The Morgan fingerprint density at radius 1 is 1.33 bits per heavy atom. The normalized spacial score (nSPS) is 15.2. The van der Waals surface area contributed by atoms with Gasteiger partial charge in [-0.3, -0.25) is 0 Å². The molecule has 6 nitrogen and oxygen atoms in total. The molecule has 0 amide bonds. The Morgan fingerprint density at radius 2 is 1.90 bits per heavy atom. The second kappa shape index (κ2) is 6.44. The molecular formula is C12H13F3N2O4. The van der Waals surface area contributed by atoms with Crippen LogP contribution in [0.2, 0.25) is 0 Å². The summed E-state index contributed by atoms with van der Waals surface area (Å²) in [5.74, 6) is -6.69. The van der Waals surface area contributed by atoms with Crippen molar-refractivity contribution in [3.8, 4) is 0 Å². The Hall–Kier alpha value is -2.29. The minimum absolute atomic E-state index is 0.255. The minimum atomic E-state index is -5.44. The monoisotopic (exact) mass is 306 g/mol. The highest BCUT2D eigenvalue weighted by Crippen LogP contribution is 2.33. The molecule has 1 aromatic rings. The van der Waals surface area contributed by atoms with Crippen LogP contribution in [0.1, 0.15) is 12.5 Å². The molecule has 0 heterocycles. The summed E-state index contributed by atoms with van der Waals surface area (Å²) in [4.78, 5) is 15.2. The fourth-order valence-corrected chi connectivity index (χ4v) is 1.21. The summed E-state index contributed by atoms with van der Waals surface area (Å²) in [5, 5.41) is 12.3. The van der Waals surface area contributed by atoms with Gasteiger partial charge in [0.2, 0.25) is 0 Å². The zero-order valence-electron chi connectivity index (χ0n) is 10.9. The van der Waals surface area contributed by atoms with Gasteiger partial charge in [0.15, 0.2) is 5.84 Å². The number of rotatable bonds is 5. The van der Waals surface area contributed by atoms with E-state index < -0.39 is 23.8 Å². The molecule has 0 spiro atoms. The summed E-state index contributed by atoms with van der Waals surface area (Å²) in [7, 11) is 0. The van der Waals surface area contributed by atoms with Gasteiger partial charge >= 0.3 is 17.9 Å². The Balaban J connectivity index is 3.01. The van der Waals surface area contributed by atoms with Crippen LogP contribution in [-0.4, -0.2) is 35.5 Å². The molecule has 0 aliphatic carbocycles. The summed E-state index contributed by atoms with van der Waals surface area (Å²) < 4.78 is 42.4. The van der Waals surface area contributed by atoms with Gasteiger partial charge in [0.05, 0.1) is 6.61 Å². The number of nitrogens with zero attached hydrogens (tertiary/aromatic N) is 1. The van der Waals surface area contributed by atoms with Gasteiger partial charge in [-0.25, -0.2) is 4.79 Å². The summed E-state index contributed by atoms with van der Waals surface area (Å²) in [6, 6.07) is 7.71. The molecule has 0 aliphatic rings. The van der Waals surface area contributed by atoms with Gasteiger partial charge in [-0.05, 0) is 6.92 Å². The number of oxime groups is 1. The molecule has 0 radical (unpaired) electrons. The maximum atomic E-state index is 12.7. The average Bonchev–Trinajstić information content (AvgIpc) is 2.44. The largest absolute Gasteiger partial charge is 0.470 e. The predicted octanol–water partition coefficient (Wildman–Crippen LogP) is 1.14. The Bertz CT molecular complexity index is 519. The van der Waals surface area contributed by atoms with E-state index in [0.717, 1.165) is 0 Å². The molecule has 0 aliphatic heterocycles. The van der Waals surface area contributed by atoms with Gasteiger partial charge in [-0.15, -0.1) is 0 Å². The third-order valence-corrected chi connectivity index (χ3v) is 2.28. The number of amidine groups is 1. The molecule has 0 saturated carbocycles. The molecule has 0 saturated heterocycles. The van der Waals surface area contributed by atoms with Crippen LogP contribution >= 0.6 is 0 Å². The third-order valence-electron chi connectivity index (χ3n) is 2.28. The highest BCUT2D eigenvalue weighted by molar-refractivity contribution is 5.97. The maximum absolute atomic E-state index is 12.7. The molecule has 0 unspecified atom stereocenters. The van der Waals surface area contributed by atoms with Crippen LogP contribution < -0.4 is 5.73 Å². The van der Waals surface area contributed by atoms with Gasteiger partial charge in [0.25, 0.3) is 0 Å². The number of hydrogen-bond acceptors (Lipinski definition) is 5. The fourth-order valence-electron chi connectivity index (χ4n) is 1.21. The molecule has 0 aromatic heterocycles. The number of hydrogen-bond donors (Lipinski definition) is 2. The lowest BCUT2D eigenvalue weighted by Crippen LogP contribution is -2.54. The molecule has 116 valence electrons.